The Kier molecular flexibility index (Phi) is 9.28. The summed E-state index contributed by atoms with van der Waals surface area (Å²) in [6.07, 6.45) is -2.24. The minimum Gasteiger partial charge on any atom is -0.444 e. The molecule has 2 fully saturated rings. The van der Waals surface area contributed by atoms with E-state index in [2.05, 4.69) is 0 Å². The van der Waals surface area contributed by atoms with Crippen LogP contribution in [0.2, 0.25) is 0 Å². The third-order valence-electron chi connectivity index (χ3n) is 4.49. The molecule has 2 aliphatic rings. The molecule has 0 aromatic carbocycles. The second-order valence-corrected chi connectivity index (χ2v) is 9.79. The molecule has 0 saturated carbocycles. The van der Waals surface area contributed by atoms with Crippen molar-refractivity contribution in [1.29, 1.82) is 0 Å². The molecule has 2 aliphatic heterocycles. The Morgan fingerprint density at radius 3 is 1.30 bits per heavy atom. The minimum atomic E-state index is -1.15. The summed E-state index contributed by atoms with van der Waals surface area (Å²) in [5, 5.41) is 0. The van der Waals surface area contributed by atoms with Crippen molar-refractivity contribution < 1.29 is 27.8 Å². The lowest BCUT2D eigenvalue weighted by Crippen LogP contribution is -2.51. The zero-order chi connectivity index (χ0) is 23.3. The fourth-order valence-electron chi connectivity index (χ4n) is 2.83. The molecule has 2 saturated heterocycles. The number of carbonyl (C=O) groups excluding carboxylic acids is 2. The molecule has 176 valence electrons. The molecule has 4 atom stereocenters. The van der Waals surface area contributed by atoms with Gasteiger partial charge in [-0.15, -0.1) is 0 Å². The van der Waals surface area contributed by atoms with Crippen molar-refractivity contribution in [3.8, 4) is 0 Å². The van der Waals surface area contributed by atoms with Gasteiger partial charge in [-0.25, -0.2) is 18.4 Å². The number of hydrogen-bond acceptors (Lipinski definition) is 6. The fraction of sp³-hybridized carbons (Fsp3) is 0.900. The van der Waals surface area contributed by atoms with Gasteiger partial charge in [-0.2, -0.15) is 0 Å². The van der Waals surface area contributed by atoms with E-state index in [0.717, 1.165) is 0 Å². The summed E-state index contributed by atoms with van der Waals surface area (Å²) in [4.78, 5) is 25.9. The Bertz CT molecular complexity index is 530. The zero-order valence-electron chi connectivity index (χ0n) is 19.0. The number of ether oxygens (including phenoxy) is 2. The van der Waals surface area contributed by atoms with Gasteiger partial charge in [0.15, 0.2) is 0 Å². The predicted molar refractivity (Wildman–Crippen MR) is 111 cm³/mol. The molecule has 0 spiro atoms. The van der Waals surface area contributed by atoms with Gasteiger partial charge in [0, 0.05) is 25.2 Å². The van der Waals surface area contributed by atoms with E-state index in [0.29, 0.717) is 25.9 Å². The van der Waals surface area contributed by atoms with Crippen molar-refractivity contribution in [2.24, 2.45) is 11.5 Å². The van der Waals surface area contributed by atoms with Crippen LogP contribution >= 0.6 is 0 Å². The highest BCUT2D eigenvalue weighted by Crippen LogP contribution is 2.17. The van der Waals surface area contributed by atoms with Gasteiger partial charge in [0.05, 0.1) is 13.1 Å². The number of alkyl halides is 2. The number of carbonyl (C=O) groups is 2. The highest BCUT2D eigenvalue weighted by molar-refractivity contribution is 5.68. The summed E-state index contributed by atoms with van der Waals surface area (Å²) in [5.41, 5.74) is 9.95. The lowest BCUT2D eigenvalue weighted by molar-refractivity contribution is 0.0108. The van der Waals surface area contributed by atoms with Crippen LogP contribution in [-0.2, 0) is 9.47 Å². The van der Waals surface area contributed by atoms with Crippen molar-refractivity contribution in [3.05, 3.63) is 0 Å². The lowest BCUT2D eigenvalue weighted by atomic mass is 10.0. The zero-order valence-corrected chi connectivity index (χ0v) is 19.0. The van der Waals surface area contributed by atoms with E-state index >= 15 is 0 Å². The van der Waals surface area contributed by atoms with Gasteiger partial charge in [0.1, 0.15) is 23.5 Å². The monoisotopic (exact) mass is 436 g/mol. The van der Waals surface area contributed by atoms with E-state index in [1.807, 2.05) is 0 Å². The maximum atomic E-state index is 13.2. The number of amides is 2. The molecule has 0 bridgehead atoms. The van der Waals surface area contributed by atoms with Gasteiger partial charge >= 0.3 is 12.2 Å². The van der Waals surface area contributed by atoms with Crippen LogP contribution in [-0.4, -0.2) is 83.8 Å². The van der Waals surface area contributed by atoms with Crippen LogP contribution in [0.1, 0.15) is 54.4 Å². The van der Waals surface area contributed by atoms with E-state index in [4.69, 9.17) is 20.9 Å². The molecule has 2 rings (SSSR count). The number of hydrogen-bond donors (Lipinski definition) is 2. The van der Waals surface area contributed by atoms with Gasteiger partial charge in [0.2, 0.25) is 0 Å². The van der Waals surface area contributed by atoms with Crippen molar-refractivity contribution in [3.63, 3.8) is 0 Å². The summed E-state index contributed by atoms with van der Waals surface area (Å²) < 4.78 is 36.8. The fourth-order valence-corrected chi connectivity index (χ4v) is 2.83. The third-order valence-corrected chi connectivity index (χ3v) is 4.49. The second-order valence-electron chi connectivity index (χ2n) is 9.79. The lowest BCUT2D eigenvalue weighted by Gasteiger charge is -2.34. The molecule has 2 heterocycles. The summed E-state index contributed by atoms with van der Waals surface area (Å²) in [5.74, 6) is 0. The van der Waals surface area contributed by atoms with E-state index < -0.39 is 47.8 Å². The highest BCUT2D eigenvalue weighted by atomic mass is 19.1. The number of nitrogens with two attached hydrogens (primary N) is 2. The van der Waals surface area contributed by atoms with Gasteiger partial charge in [-0.3, -0.25) is 0 Å². The first kappa shape index (κ1) is 26.4. The average molecular weight is 437 g/mol. The largest absolute Gasteiger partial charge is 0.444 e. The van der Waals surface area contributed by atoms with Crippen LogP contribution in [0.5, 0.6) is 0 Å². The van der Waals surface area contributed by atoms with E-state index in [1.54, 1.807) is 41.5 Å². The van der Waals surface area contributed by atoms with Gasteiger partial charge in [-0.05, 0) is 54.4 Å². The second kappa shape index (κ2) is 10.6. The van der Waals surface area contributed by atoms with Crippen LogP contribution in [0.25, 0.3) is 0 Å². The van der Waals surface area contributed by atoms with Crippen molar-refractivity contribution >= 4 is 12.2 Å². The summed E-state index contributed by atoms with van der Waals surface area (Å²) >= 11 is 0. The molecule has 0 aromatic heterocycles. The van der Waals surface area contributed by atoms with Crippen molar-refractivity contribution in [1.82, 2.24) is 9.80 Å². The van der Waals surface area contributed by atoms with Gasteiger partial charge < -0.3 is 30.7 Å². The molecule has 4 N–H and O–H groups in total. The SMILES string of the molecule is CC(C)(C)OC(=O)N1CC[C@@H](N)[C@@H](F)C1.CC(C)(C)OC(=O)N1CC[C@H](N)[C@H](F)C1. The van der Waals surface area contributed by atoms with Crippen LogP contribution in [0.15, 0.2) is 0 Å². The number of piperidine rings is 2. The molecular formula is C20H38F2N4O4. The molecular weight excluding hydrogens is 398 g/mol. The van der Waals surface area contributed by atoms with Crippen LogP contribution in [0.4, 0.5) is 18.4 Å². The Hall–Kier alpha value is -1.68. The van der Waals surface area contributed by atoms with E-state index in [1.165, 1.54) is 9.80 Å². The van der Waals surface area contributed by atoms with Crippen LogP contribution in [0.3, 0.4) is 0 Å². The molecule has 0 radical (unpaired) electrons. The van der Waals surface area contributed by atoms with Crippen LogP contribution in [0, 0.1) is 0 Å². The number of halogens is 2. The molecule has 30 heavy (non-hydrogen) atoms. The van der Waals surface area contributed by atoms with Gasteiger partial charge in [0.25, 0.3) is 0 Å². The molecule has 0 aromatic rings. The highest BCUT2D eigenvalue weighted by Gasteiger charge is 2.32. The quantitative estimate of drug-likeness (QED) is 0.604. The standard InChI is InChI=1S/2C10H19FN2O2/c2*1-10(2,3)15-9(14)13-5-4-8(12)7(11)6-13/h2*7-8H,4-6,12H2,1-3H3/t2*7-,8+/m10/s1. The van der Waals surface area contributed by atoms with Crippen LogP contribution < -0.4 is 11.5 Å². The molecule has 10 heteroatoms. The maximum Gasteiger partial charge on any atom is 0.410 e. The molecule has 0 aliphatic carbocycles. The Morgan fingerprint density at radius 1 is 0.767 bits per heavy atom. The first-order valence-electron chi connectivity index (χ1n) is 10.3. The first-order valence-corrected chi connectivity index (χ1v) is 10.3. The third kappa shape index (κ3) is 9.42. The Labute approximate surface area is 178 Å². The molecule has 8 nitrogen and oxygen atoms in total. The maximum absolute atomic E-state index is 13.2. The minimum absolute atomic E-state index is 0.0378. The van der Waals surface area contributed by atoms with Crippen molar-refractivity contribution in [2.45, 2.75) is 90.0 Å². The van der Waals surface area contributed by atoms with E-state index in [9.17, 15) is 18.4 Å². The van der Waals surface area contributed by atoms with Crippen molar-refractivity contribution in [2.75, 3.05) is 26.2 Å². The average Bonchev–Trinajstić information content (AvgIpc) is 2.57. The van der Waals surface area contributed by atoms with E-state index in [-0.39, 0.29) is 13.1 Å². The first-order chi connectivity index (χ1) is 13.6. The summed E-state index contributed by atoms with van der Waals surface area (Å²) in [7, 11) is 0. The summed E-state index contributed by atoms with van der Waals surface area (Å²) in [6, 6.07) is -0.910. The molecule has 2 amide bonds. The smallest absolute Gasteiger partial charge is 0.410 e. The Balaban J connectivity index is 0.000000300. The summed E-state index contributed by atoms with van der Waals surface area (Å²) in [6.45, 7) is 11.7. The molecule has 0 unspecified atom stereocenters. The number of nitrogens with zero attached hydrogens (tertiary/aromatic N) is 2. The topological polar surface area (TPSA) is 111 Å². The number of likely N-dealkylation sites (tertiary alicyclic amines) is 2. The normalized spacial score (nSPS) is 27.7. The number of rotatable bonds is 0. The van der Waals surface area contributed by atoms with Gasteiger partial charge in [-0.1, -0.05) is 0 Å². The Morgan fingerprint density at radius 2 is 1.07 bits per heavy atom. The predicted octanol–water partition coefficient (Wildman–Crippen LogP) is 2.59.